The number of amides is 1. The van der Waals surface area contributed by atoms with E-state index in [-0.39, 0.29) is 0 Å². The van der Waals surface area contributed by atoms with Gasteiger partial charge in [-0.1, -0.05) is 0 Å². The summed E-state index contributed by atoms with van der Waals surface area (Å²) >= 11 is 0. The van der Waals surface area contributed by atoms with Crippen molar-refractivity contribution in [2.75, 3.05) is 18.4 Å². The standard InChI is InChI=1S/C14H22N4O/c1-9-8-10(2)17-14(12(9)13(15)19)18-11-4-3-6-16-7-5-11/h8,11,16H,3-7H2,1-2H3,(H2,15,19)(H,17,18). The monoisotopic (exact) mass is 262 g/mol. The maximum Gasteiger partial charge on any atom is 0.252 e. The molecule has 1 aliphatic rings. The van der Waals surface area contributed by atoms with Crippen molar-refractivity contribution in [1.82, 2.24) is 10.3 Å². The lowest BCUT2D eigenvalue weighted by molar-refractivity contribution is 0.1000. The van der Waals surface area contributed by atoms with Crippen LogP contribution in [0.1, 0.15) is 40.9 Å². The predicted octanol–water partition coefficient (Wildman–Crippen LogP) is 1.35. The Morgan fingerprint density at radius 1 is 1.42 bits per heavy atom. The van der Waals surface area contributed by atoms with Gasteiger partial charge >= 0.3 is 0 Å². The number of hydrogen-bond donors (Lipinski definition) is 3. The third kappa shape index (κ3) is 3.44. The lowest BCUT2D eigenvalue weighted by Gasteiger charge is -2.19. The van der Waals surface area contributed by atoms with Gasteiger partial charge in [0.2, 0.25) is 0 Å². The molecule has 1 atom stereocenters. The van der Waals surface area contributed by atoms with E-state index in [0.29, 0.717) is 17.4 Å². The second-order valence-corrected chi connectivity index (χ2v) is 5.19. The first-order chi connectivity index (χ1) is 9.08. The zero-order valence-electron chi connectivity index (χ0n) is 11.6. The van der Waals surface area contributed by atoms with Gasteiger partial charge in [-0.15, -0.1) is 0 Å². The maximum absolute atomic E-state index is 11.6. The molecule has 19 heavy (non-hydrogen) atoms. The summed E-state index contributed by atoms with van der Waals surface area (Å²) in [6.45, 7) is 5.88. The number of aromatic nitrogens is 1. The molecule has 2 rings (SSSR count). The topological polar surface area (TPSA) is 80.0 Å². The first kappa shape index (κ1) is 13.8. The van der Waals surface area contributed by atoms with E-state index in [0.717, 1.165) is 43.6 Å². The fourth-order valence-electron chi connectivity index (χ4n) is 2.61. The molecule has 5 heteroatoms. The van der Waals surface area contributed by atoms with E-state index in [1.165, 1.54) is 0 Å². The summed E-state index contributed by atoms with van der Waals surface area (Å²) in [5, 5.41) is 6.77. The summed E-state index contributed by atoms with van der Waals surface area (Å²) in [5.41, 5.74) is 7.77. The van der Waals surface area contributed by atoms with Crippen LogP contribution in [-0.4, -0.2) is 30.0 Å². The van der Waals surface area contributed by atoms with Gasteiger partial charge in [0.1, 0.15) is 5.82 Å². The quantitative estimate of drug-likeness (QED) is 0.768. The Kier molecular flexibility index (Phi) is 4.37. The summed E-state index contributed by atoms with van der Waals surface area (Å²) in [6.07, 6.45) is 3.25. The summed E-state index contributed by atoms with van der Waals surface area (Å²) < 4.78 is 0. The van der Waals surface area contributed by atoms with Gasteiger partial charge < -0.3 is 16.4 Å². The van der Waals surface area contributed by atoms with Gasteiger partial charge in [0, 0.05) is 11.7 Å². The summed E-state index contributed by atoms with van der Waals surface area (Å²) in [6, 6.07) is 2.24. The normalized spacial score (nSPS) is 19.8. The van der Waals surface area contributed by atoms with Crippen molar-refractivity contribution in [2.45, 2.75) is 39.2 Å². The highest BCUT2D eigenvalue weighted by atomic mass is 16.1. The molecule has 0 bridgehead atoms. The predicted molar refractivity (Wildman–Crippen MR) is 76.4 cm³/mol. The molecule has 0 aliphatic carbocycles. The molecular weight excluding hydrogens is 240 g/mol. The molecule has 0 saturated carbocycles. The van der Waals surface area contributed by atoms with E-state index < -0.39 is 5.91 Å². The second kappa shape index (κ2) is 6.02. The number of aryl methyl sites for hydroxylation is 2. The van der Waals surface area contributed by atoms with Gasteiger partial charge in [-0.3, -0.25) is 4.79 Å². The number of nitrogens with zero attached hydrogens (tertiary/aromatic N) is 1. The average Bonchev–Trinajstić information content (AvgIpc) is 2.56. The van der Waals surface area contributed by atoms with E-state index in [1.807, 2.05) is 19.9 Å². The van der Waals surface area contributed by atoms with Crippen molar-refractivity contribution in [3.63, 3.8) is 0 Å². The van der Waals surface area contributed by atoms with Crippen LogP contribution in [0, 0.1) is 13.8 Å². The smallest absolute Gasteiger partial charge is 0.252 e. The largest absolute Gasteiger partial charge is 0.367 e. The van der Waals surface area contributed by atoms with Crippen LogP contribution in [-0.2, 0) is 0 Å². The van der Waals surface area contributed by atoms with E-state index in [4.69, 9.17) is 5.73 Å². The van der Waals surface area contributed by atoms with Gasteiger partial charge in [-0.25, -0.2) is 4.98 Å². The number of anilines is 1. The number of rotatable bonds is 3. The number of carbonyl (C=O) groups is 1. The molecular formula is C14H22N4O. The Morgan fingerprint density at radius 2 is 2.21 bits per heavy atom. The van der Waals surface area contributed by atoms with Gasteiger partial charge in [-0.05, 0) is 57.8 Å². The zero-order chi connectivity index (χ0) is 13.8. The molecule has 1 aromatic rings. The van der Waals surface area contributed by atoms with Crippen LogP contribution in [0.4, 0.5) is 5.82 Å². The first-order valence-electron chi connectivity index (χ1n) is 6.83. The minimum absolute atomic E-state index is 0.349. The van der Waals surface area contributed by atoms with E-state index >= 15 is 0 Å². The summed E-state index contributed by atoms with van der Waals surface area (Å²) in [7, 11) is 0. The first-order valence-corrected chi connectivity index (χ1v) is 6.83. The Balaban J connectivity index is 2.24. The van der Waals surface area contributed by atoms with Crippen molar-refractivity contribution in [3.05, 3.63) is 22.9 Å². The number of pyridine rings is 1. The molecule has 1 fully saturated rings. The minimum atomic E-state index is -0.417. The van der Waals surface area contributed by atoms with Crippen molar-refractivity contribution < 1.29 is 4.79 Å². The van der Waals surface area contributed by atoms with Crippen LogP contribution in [0.15, 0.2) is 6.07 Å². The van der Waals surface area contributed by atoms with E-state index in [2.05, 4.69) is 15.6 Å². The van der Waals surface area contributed by atoms with Crippen LogP contribution in [0.2, 0.25) is 0 Å². The molecule has 0 radical (unpaired) electrons. The molecule has 1 unspecified atom stereocenters. The summed E-state index contributed by atoms with van der Waals surface area (Å²) in [4.78, 5) is 16.0. The van der Waals surface area contributed by atoms with Gasteiger partial charge in [0.05, 0.1) is 5.56 Å². The summed E-state index contributed by atoms with van der Waals surface area (Å²) in [5.74, 6) is 0.219. The molecule has 2 heterocycles. The van der Waals surface area contributed by atoms with E-state index in [9.17, 15) is 4.79 Å². The molecule has 1 amide bonds. The maximum atomic E-state index is 11.6. The molecule has 1 aromatic heterocycles. The molecule has 104 valence electrons. The van der Waals surface area contributed by atoms with Crippen LogP contribution < -0.4 is 16.4 Å². The van der Waals surface area contributed by atoms with Crippen LogP contribution in [0.25, 0.3) is 0 Å². The third-order valence-corrected chi connectivity index (χ3v) is 3.51. The van der Waals surface area contributed by atoms with Crippen LogP contribution >= 0.6 is 0 Å². The number of carbonyl (C=O) groups excluding carboxylic acids is 1. The Hall–Kier alpha value is -1.62. The van der Waals surface area contributed by atoms with Crippen molar-refractivity contribution in [2.24, 2.45) is 5.73 Å². The minimum Gasteiger partial charge on any atom is -0.367 e. The number of nitrogens with two attached hydrogens (primary N) is 1. The second-order valence-electron chi connectivity index (χ2n) is 5.19. The number of hydrogen-bond acceptors (Lipinski definition) is 4. The fraction of sp³-hybridized carbons (Fsp3) is 0.571. The fourth-order valence-corrected chi connectivity index (χ4v) is 2.61. The zero-order valence-corrected chi connectivity index (χ0v) is 11.6. The van der Waals surface area contributed by atoms with Gasteiger partial charge in [-0.2, -0.15) is 0 Å². The van der Waals surface area contributed by atoms with E-state index in [1.54, 1.807) is 0 Å². The van der Waals surface area contributed by atoms with Crippen molar-refractivity contribution >= 4 is 11.7 Å². The van der Waals surface area contributed by atoms with Crippen molar-refractivity contribution in [3.8, 4) is 0 Å². The Bertz CT molecular complexity index is 465. The molecule has 0 spiro atoms. The number of primary amides is 1. The Morgan fingerprint density at radius 3 is 2.95 bits per heavy atom. The lowest BCUT2D eigenvalue weighted by atomic mass is 10.1. The SMILES string of the molecule is Cc1cc(C)c(C(N)=O)c(NC2CCCNCC2)n1. The molecule has 5 nitrogen and oxygen atoms in total. The lowest BCUT2D eigenvalue weighted by Crippen LogP contribution is -2.25. The Labute approximate surface area is 114 Å². The highest BCUT2D eigenvalue weighted by Gasteiger charge is 2.18. The number of nitrogens with one attached hydrogen (secondary N) is 2. The van der Waals surface area contributed by atoms with Crippen LogP contribution in [0.5, 0.6) is 0 Å². The van der Waals surface area contributed by atoms with Gasteiger partial charge in [0.15, 0.2) is 0 Å². The average molecular weight is 262 g/mol. The molecule has 0 aromatic carbocycles. The highest BCUT2D eigenvalue weighted by molar-refractivity contribution is 5.99. The van der Waals surface area contributed by atoms with Crippen LogP contribution in [0.3, 0.4) is 0 Å². The highest BCUT2D eigenvalue weighted by Crippen LogP contribution is 2.21. The third-order valence-electron chi connectivity index (χ3n) is 3.51. The molecule has 1 saturated heterocycles. The van der Waals surface area contributed by atoms with Gasteiger partial charge in [0.25, 0.3) is 5.91 Å². The molecule has 1 aliphatic heterocycles. The van der Waals surface area contributed by atoms with Crippen molar-refractivity contribution in [1.29, 1.82) is 0 Å². The molecule has 4 N–H and O–H groups in total.